The Hall–Kier alpha value is -3.61. The molecule has 0 spiro atoms. The molecular formula is C23H28N6O6S. The Balaban J connectivity index is 1.48. The van der Waals surface area contributed by atoms with Crippen LogP contribution in [0.4, 0.5) is 0 Å². The first-order chi connectivity index (χ1) is 17.0. The number of rotatable bonds is 6. The van der Waals surface area contributed by atoms with Gasteiger partial charge < -0.3 is 15.1 Å². The molecule has 1 N–H and O–H groups in total. The molecule has 12 nitrogen and oxygen atoms in total. The van der Waals surface area contributed by atoms with Gasteiger partial charge in [0.05, 0.1) is 42.0 Å². The molecule has 2 aromatic rings. The Morgan fingerprint density at radius 1 is 1.14 bits per heavy atom. The monoisotopic (exact) mass is 516 g/mol. The first kappa shape index (κ1) is 25.5. The number of benzene rings is 1. The van der Waals surface area contributed by atoms with Gasteiger partial charge in [-0.2, -0.15) is 0 Å². The number of Topliss-reactive ketones (excluding diaryl/α,β-unsaturated/α-hetero) is 1. The van der Waals surface area contributed by atoms with Gasteiger partial charge in [0.1, 0.15) is 11.7 Å². The lowest BCUT2D eigenvalue weighted by atomic mass is 10.1. The summed E-state index contributed by atoms with van der Waals surface area (Å²) in [5, 5.41) is 10.9. The molecule has 2 saturated heterocycles. The Kier molecular flexibility index (Phi) is 7.20. The number of aromatic nitrogens is 3. The number of likely N-dealkylation sites (tertiary alicyclic amines) is 1. The maximum Gasteiger partial charge on any atom is 0.254 e. The Labute approximate surface area is 208 Å². The van der Waals surface area contributed by atoms with Crippen LogP contribution in [-0.4, -0.2) is 93.9 Å². The summed E-state index contributed by atoms with van der Waals surface area (Å²) in [5.74, 6) is -1.15. The normalized spacial score (nSPS) is 18.7. The second-order valence-corrected chi connectivity index (χ2v) is 11.4. The van der Waals surface area contributed by atoms with E-state index in [0.29, 0.717) is 11.4 Å². The van der Waals surface area contributed by atoms with Crippen LogP contribution in [0, 0.1) is 6.92 Å². The Morgan fingerprint density at radius 2 is 1.86 bits per heavy atom. The average Bonchev–Trinajstić information content (AvgIpc) is 3.29. The minimum atomic E-state index is -3.13. The second kappa shape index (κ2) is 10.2. The molecule has 2 fully saturated rings. The van der Waals surface area contributed by atoms with Gasteiger partial charge >= 0.3 is 0 Å². The fourth-order valence-corrected chi connectivity index (χ4v) is 5.38. The number of nitrogens with one attached hydrogen (secondary N) is 1. The first-order valence-corrected chi connectivity index (χ1v) is 13.5. The molecule has 3 amide bonds. The SMILES string of the molecule is Cc1ccc(C(=O)NC(C)C(=O)N2CCS(=O)(=O)CC2)c(-n2cc(CN3CC(=O)CCC3=O)nn2)c1. The molecular weight excluding hydrogens is 488 g/mol. The highest BCUT2D eigenvalue weighted by atomic mass is 32.2. The van der Waals surface area contributed by atoms with E-state index in [1.165, 1.54) is 14.5 Å². The van der Waals surface area contributed by atoms with Crippen LogP contribution < -0.4 is 5.32 Å². The van der Waals surface area contributed by atoms with Gasteiger partial charge in [-0.25, -0.2) is 13.1 Å². The molecule has 192 valence electrons. The number of carbonyl (C=O) groups is 4. The summed E-state index contributed by atoms with van der Waals surface area (Å²) in [7, 11) is -3.13. The van der Waals surface area contributed by atoms with E-state index in [4.69, 9.17) is 0 Å². The van der Waals surface area contributed by atoms with E-state index in [0.717, 1.165) is 5.56 Å². The summed E-state index contributed by atoms with van der Waals surface area (Å²) in [4.78, 5) is 52.6. The van der Waals surface area contributed by atoms with E-state index in [2.05, 4.69) is 15.6 Å². The number of sulfone groups is 1. The zero-order valence-electron chi connectivity index (χ0n) is 20.1. The van der Waals surface area contributed by atoms with Crippen LogP contribution >= 0.6 is 0 Å². The van der Waals surface area contributed by atoms with Crippen molar-refractivity contribution < 1.29 is 27.6 Å². The van der Waals surface area contributed by atoms with Crippen molar-refractivity contribution in [3.05, 3.63) is 41.2 Å². The number of hydrogen-bond acceptors (Lipinski definition) is 8. The average molecular weight is 517 g/mol. The lowest BCUT2D eigenvalue weighted by Gasteiger charge is -2.29. The van der Waals surface area contributed by atoms with Gasteiger partial charge in [-0.3, -0.25) is 19.2 Å². The van der Waals surface area contributed by atoms with Crippen LogP contribution in [-0.2, 0) is 30.8 Å². The van der Waals surface area contributed by atoms with Gasteiger partial charge in [0.15, 0.2) is 15.6 Å². The van der Waals surface area contributed by atoms with Crippen molar-refractivity contribution in [1.29, 1.82) is 0 Å². The van der Waals surface area contributed by atoms with Gasteiger partial charge in [-0.05, 0) is 31.5 Å². The third-order valence-electron chi connectivity index (χ3n) is 6.25. The highest BCUT2D eigenvalue weighted by Crippen LogP contribution is 2.18. The third kappa shape index (κ3) is 5.78. The zero-order chi connectivity index (χ0) is 26.0. The minimum Gasteiger partial charge on any atom is -0.340 e. The Morgan fingerprint density at radius 3 is 2.58 bits per heavy atom. The lowest BCUT2D eigenvalue weighted by Crippen LogP contribution is -2.51. The number of ketones is 1. The summed E-state index contributed by atoms with van der Waals surface area (Å²) < 4.78 is 24.7. The predicted molar refractivity (Wildman–Crippen MR) is 128 cm³/mol. The van der Waals surface area contributed by atoms with Crippen molar-refractivity contribution in [2.45, 2.75) is 39.3 Å². The summed E-state index contributed by atoms with van der Waals surface area (Å²) in [6, 6.07) is 4.28. The molecule has 1 atom stereocenters. The van der Waals surface area contributed by atoms with Crippen LogP contribution in [0.2, 0.25) is 0 Å². The van der Waals surface area contributed by atoms with Crippen molar-refractivity contribution in [2.24, 2.45) is 0 Å². The summed E-state index contributed by atoms with van der Waals surface area (Å²) in [6.07, 6.45) is 2.03. The molecule has 0 saturated carbocycles. The quantitative estimate of drug-likeness (QED) is 0.547. The van der Waals surface area contributed by atoms with Gasteiger partial charge in [0.2, 0.25) is 11.8 Å². The van der Waals surface area contributed by atoms with Crippen LogP contribution in [0.3, 0.4) is 0 Å². The Bertz CT molecular complexity index is 1310. The molecule has 36 heavy (non-hydrogen) atoms. The molecule has 1 unspecified atom stereocenters. The molecule has 1 aromatic carbocycles. The maximum absolute atomic E-state index is 13.1. The van der Waals surface area contributed by atoms with Crippen molar-refractivity contribution in [2.75, 3.05) is 31.1 Å². The number of nitrogens with zero attached hydrogens (tertiary/aromatic N) is 5. The molecule has 0 bridgehead atoms. The highest BCUT2D eigenvalue weighted by Gasteiger charge is 2.29. The zero-order valence-corrected chi connectivity index (χ0v) is 21.0. The molecule has 4 rings (SSSR count). The van der Waals surface area contributed by atoms with Crippen molar-refractivity contribution in [1.82, 2.24) is 30.1 Å². The molecule has 3 heterocycles. The highest BCUT2D eigenvalue weighted by molar-refractivity contribution is 7.91. The van der Waals surface area contributed by atoms with Gasteiger partial charge in [-0.1, -0.05) is 11.3 Å². The number of aryl methyl sites for hydroxylation is 1. The maximum atomic E-state index is 13.1. The van der Waals surface area contributed by atoms with E-state index < -0.39 is 21.8 Å². The smallest absolute Gasteiger partial charge is 0.254 e. The summed E-state index contributed by atoms with van der Waals surface area (Å²) in [6.45, 7) is 3.79. The van der Waals surface area contributed by atoms with E-state index >= 15 is 0 Å². The third-order valence-corrected chi connectivity index (χ3v) is 7.86. The van der Waals surface area contributed by atoms with Gasteiger partial charge in [-0.15, -0.1) is 5.10 Å². The number of carbonyl (C=O) groups excluding carboxylic acids is 4. The fraction of sp³-hybridized carbons (Fsp3) is 0.478. The van der Waals surface area contributed by atoms with Crippen molar-refractivity contribution in [3.63, 3.8) is 0 Å². The molecule has 13 heteroatoms. The topological polar surface area (TPSA) is 152 Å². The molecule has 1 aromatic heterocycles. The van der Waals surface area contributed by atoms with Crippen LogP contribution in [0.1, 0.15) is 41.4 Å². The van der Waals surface area contributed by atoms with Crippen LogP contribution in [0.25, 0.3) is 5.69 Å². The van der Waals surface area contributed by atoms with E-state index in [9.17, 15) is 27.6 Å². The molecule has 0 radical (unpaired) electrons. The van der Waals surface area contributed by atoms with Crippen molar-refractivity contribution in [3.8, 4) is 5.69 Å². The number of piperidine rings is 1. The second-order valence-electron chi connectivity index (χ2n) is 9.14. The van der Waals surface area contributed by atoms with Crippen LogP contribution in [0.15, 0.2) is 24.4 Å². The fourth-order valence-electron chi connectivity index (χ4n) is 4.18. The molecule has 0 aliphatic carbocycles. The predicted octanol–water partition coefficient (Wildman–Crippen LogP) is -0.357. The minimum absolute atomic E-state index is 0.00511. The lowest BCUT2D eigenvalue weighted by molar-refractivity contribution is -0.140. The van der Waals surface area contributed by atoms with E-state index in [-0.39, 0.29) is 73.7 Å². The number of hydrogen-bond donors (Lipinski definition) is 1. The van der Waals surface area contributed by atoms with Gasteiger partial charge in [0, 0.05) is 25.9 Å². The summed E-state index contributed by atoms with van der Waals surface area (Å²) >= 11 is 0. The van der Waals surface area contributed by atoms with E-state index in [1.54, 1.807) is 31.3 Å². The first-order valence-electron chi connectivity index (χ1n) is 11.6. The van der Waals surface area contributed by atoms with Crippen molar-refractivity contribution >= 4 is 33.3 Å². The standard InChI is InChI=1S/C23H28N6O6S/c1-15-3-5-19(22(32)24-16(2)23(33)27-7-9-36(34,35)10-8-27)20(11-15)29-13-17(25-26-29)12-28-14-18(30)4-6-21(28)31/h3,5,11,13,16H,4,6-10,12,14H2,1-2H3,(H,24,32). The molecule has 2 aliphatic rings. The summed E-state index contributed by atoms with van der Waals surface area (Å²) in [5.41, 5.74) is 2.04. The van der Waals surface area contributed by atoms with Crippen LogP contribution in [0.5, 0.6) is 0 Å². The van der Waals surface area contributed by atoms with E-state index in [1.807, 2.05) is 6.92 Å². The largest absolute Gasteiger partial charge is 0.340 e. The number of amides is 3. The molecule has 2 aliphatic heterocycles. The van der Waals surface area contributed by atoms with Gasteiger partial charge in [0.25, 0.3) is 5.91 Å².